The van der Waals surface area contributed by atoms with Crippen molar-refractivity contribution in [3.8, 4) is 0 Å². The van der Waals surface area contributed by atoms with Gasteiger partial charge < -0.3 is 20.9 Å². The molecule has 2 rings (SSSR count). The molecule has 1 aromatic heterocycles. The van der Waals surface area contributed by atoms with E-state index in [9.17, 15) is 5.11 Å². The van der Waals surface area contributed by atoms with Crippen molar-refractivity contribution in [2.24, 2.45) is 0 Å². The van der Waals surface area contributed by atoms with E-state index in [2.05, 4.69) is 15.3 Å². The molecular formula is C12H20N4O2. The Labute approximate surface area is 107 Å². The second-order valence-electron chi connectivity index (χ2n) is 4.66. The van der Waals surface area contributed by atoms with Gasteiger partial charge in [-0.1, -0.05) is 0 Å². The summed E-state index contributed by atoms with van der Waals surface area (Å²) in [6, 6.07) is 1.66. The summed E-state index contributed by atoms with van der Waals surface area (Å²) in [5, 5.41) is 13.1. The Hall–Kier alpha value is -1.40. The first-order valence-corrected chi connectivity index (χ1v) is 6.29. The van der Waals surface area contributed by atoms with Gasteiger partial charge in [0.1, 0.15) is 18.2 Å². The predicted molar refractivity (Wildman–Crippen MR) is 69.1 cm³/mol. The molecule has 100 valence electrons. The SMILES string of the molecule is CCOCc1nc(N)cc(NCC2(O)CCC2)n1. The first-order chi connectivity index (χ1) is 8.61. The minimum absolute atomic E-state index is 0.348. The third-order valence-electron chi connectivity index (χ3n) is 3.11. The third-order valence-corrected chi connectivity index (χ3v) is 3.11. The van der Waals surface area contributed by atoms with Crippen molar-refractivity contribution in [2.45, 2.75) is 38.4 Å². The Morgan fingerprint density at radius 3 is 2.89 bits per heavy atom. The fraction of sp³-hybridized carbons (Fsp3) is 0.667. The summed E-state index contributed by atoms with van der Waals surface area (Å²) >= 11 is 0. The second kappa shape index (κ2) is 5.49. The Kier molecular flexibility index (Phi) is 3.98. The number of nitrogen functional groups attached to an aromatic ring is 1. The van der Waals surface area contributed by atoms with E-state index >= 15 is 0 Å². The molecule has 6 heteroatoms. The monoisotopic (exact) mass is 252 g/mol. The standard InChI is InChI=1S/C12H20N4O2/c1-2-18-7-11-15-9(13)6-10(16-11)14-8-12(17)4-3-5-12/h6,17H,2-5,7-8H2,1H3,(H3,13,14,15,16). The zero-order chi connectivity index (χ0) is 13.0. The minimum Gasteiger partial charge on any atom is -0.388 e. The lowest BCUT2D eigenvalue weighted by Gasteiger charge is -2.36. The molecule has 1 saturated carbocycles. The summed E-state index contributed by atoms with van der Waals surface area (Å²) < 4.78 is 5.25. The number of aliphatic hydroxyl groups is 1. The van der Waals surface area contributed by atoms with E-state index in [1.54, 1.807) is 6.07 Å². The second-order valence-corrected chi connectivity index (χ2v) is 4.66. The van der Waals surface area contributed by atoms with Crippen LogP contribution in [0.2, 0.25) is 0 Å². The maximum absolute atomic E-state index is 9.99. The summed E-state index contributed by atoms with van der Waals surface area (Å²) in [4.78, 5) is 8.38. The molecular weight excluding hydrogens is 232 g/mol. The molecule has 1 aliphatic carbocycles. The van der Waals surface area contributed by atoms with Crippen LogP contribution in [0, 0.1) is 0 Å². The number of anilines is 2. The highest BCUT2D eigenvalue weighted by molar-refractivity contribution is 5.44. The Balaban J connectivity index is 1.96. The van der Waals surface area contributed by atoms with Crippen molar-refractivity contribution in [1.82, 2.24) is 9.97 Å². The van der Waals surface area contributed by atoms with Gasteiger partial charge >= 0.3 is 0 Å². The molecule has 1 aliphatic rings. The molecule has 0 saturated heterocycles. The van der Waals surface area contributed by atoms with Crippen LogP contribution in [0.3, 0.4) is 0 Å². The number of hydrogen-bond acceptors (Lipinski definition) is 6. The first-order valence-electron chi connectivity index (χ1n) is 6.29. The number of nitrogens with one attached hydrogen (secondary N) is 1. The molecule has 0 unspecified atom stereocenters. The van der Waals surface area contributed by atoms with Gasteiger partial charge in [0.25, 0.3) is 0 Å². The van der Waals surface area contributed by atoms with Crippen LogP contribution < -0.4 is 11.1 Å². The normalized spacial score (nSPS) is 17.2. The van der Waals surface area contributed by atoms with E-state index < -0.39 is 5.60 Å². The van der Waals surface area contributed by atoms with Crippen molar-refractivity contribution < 1.29 is 9.84 Å². The van der Waals surface area contributed by atoms with E-state index in [4.69, 9.17) is 10.5 Å². The first kappa shape index (κ1) is 13.0. The topological polar surface area (TPSA) is 93.3 Å². The van der Waals surface area contributed by atoms with E-state index in [0.717, 1.165) is 19.3 Å². The van der Waals surface area contributed by atoms with Crippen LogP contribution in [0.5, 0.6) is 0 Å². The molecule has 0 amide bonds. The molecule has 0 aliphatic heterocycles. The van der Waals surface area contributed by atoms with Crippen LogP contribution in [0.1, 0.15) is 32.0 Å². The largest absolute Gasteiger partial charge is 0.388 e. The maximum atomic E-state index is 9.99. The number of ether oxygens (including phenoxy) is 1. The molecule has 0 aromatic carbocycles. The quantitative estimate of drug-likeness (QED) is 0.697. The number of aromatic nitrogens is 2. The molecule has 1 heterocycles. The smallest absolute Gasteiger partial charge is 0.158 e. The van der Waals surface area contributed by atoms with Crippen LogP contribution in [-0.4, -0.2) is 33.8 Å². The van der Waals surface area contributed by atoms with Gasteiger partial charge in [-0.15, -0.1) is 0 Å². The number of nitrogens with zero attached hydrogens (tertiary/aromatic N) is 2. The van der Waals surface area contributed by atoms with Crippen molar-refractivity contribution in [3.63, 3.8) is 0 Å². The van der Waals surface area contributed by atoms with Crippen LogP contribution >= 0.6 is 0 Å². The molecule has 4 N–H and O–H groups in total. The van der Waals surface area contributed by atoms with Gasteiger partial charge in [-0.25, -0.2) is 9.97 Å². The summed E-state index contributed by atoms with van der Waals surface area (Å²) in [5.74, 6) is 1.60. The summed E-state index contributed by atoms with van der Waals surface area (Å²) in [6.07, 6.45) is 2.76. The summed E-state index contributed by atoms with van der Waals surface area (Å²) in [5.41, 5.74) is 5.12. The van der Waals surface area contributed by atoms with Gasteiger partial charge in [0.15, 0.2) is 5.82 Å². The number of rotatable bonds is 6. The molecule has 1 aromatic rings. The summed E-state index contributed by atoms with van der Waals surface area (Å²) in [7, 11) is 0. The number of nitrogens with two attached hydrogens (primary N) is 1. The highest BCUT2D eigenvalue weighted by Gasteiger charge is 2.34. The van der Waals surface area contributed by atoms with Crippen molar-refractivity contribution in [3.05, 3.63) is 11.9 Å². The third kappa shape index (κ3) is 3.30. The number of hydrogen-bond donors (Lipinski definition) is 3. The highest BCUT2D eigenvalue weighted by Crippen LogP contribution is 2.31. The molecule has 1 fully saturated rings. The fourth-order valence-corrected chi connectivity index (χ4v) is 1.88. The zero-order valence-corrected chi connectivity index (χ0v) is 10.6. The van der Waals surface area contributed by atoms with Gasteiger partial charge in [-0.2, -0.15) is 0 Å². The Morgan fingerprint density at radius 2 is 2.28 bits per heavy atom. The fourth-order valence-electron chi connectivity index (χ4n) is 1.88. The van der Waals surface area contributed by atoms with Gasteiger partial charge in [-0.05, 0) is 26.2 Å². The van der Waals surface area contributed by atoms with Gasteiger partial charge in [-0.3, -0.25) is 0 Å². The van der Waals surface area contributed by atoms with Crippen molar-refractivity contribution in [1.29, 1.82) is 0 Å². The molecule has 18 heavy (non-hydrogen) atoms. The zero-order valence-electron chi connectivity index (χ0n) is 10.6. The average Bonchev–Trinajstić information content (AvgIpc) is 2.31. The summed E-state index contributed by atoms with van der Waals surface area (Å²) in [6.45, 7) is 3.37. The van der Waals surface area contributed by atoms with Gasteiger partial charge in [0, 0.05) is 19.2 Å². The van der Waals surface area contributed by atoms with Crippen LogP contribution in [0.4, 0.5) is 11.6 Å². The van der Waals surface area contributed by atoms with Crippen LogP contribution in [-0.2, 0) is 11.3 Å². The van der Waals surface area contributed by atoms with Gasteiger partial charge in [0.05, 0.1) is 5.60 Å². The van der Waals surface area contributed by atoms with Gasteiger partial charge in [0.2, 0.25) is 0 Å². The Morgan fingerprint density at radius 1 is 1.50 bits per heavy atom. The molecule has 0 atom stereocenters. The van der Waals surface area contributed by atoms with Crippen LogP contribution in [0.15, 0.2) is 6.07 Å². The van der Waals surface area contributed by atoms with E-state index in [1.807, 2.05) is 6.92 Å². The lowest BCUT2D eigenvalue weighted by Crippen LogP contribution is -2.43. The van der Waals surface area contributed by atoms with E-state index in [0.29, 0.717) is 37.2 Å². The lowest BCUT2D eigenvalue weighted by atomic mass is 9.80. The Bertz CT molecular complexity index is 407. The molecule has 0 spiro atoms. The minimum atomic E-state index is -0.584. The van der Waals surface area contributed by atoms with Crippen molar-refractivity contribution >= 4 is 11.6 Å². The van der Waals surface area contributed by atoms with E-state index in [1.165, 1.54) is 0 Å². The van der Waals surface area contributed by atoms with Crippen molar-refractivity contribution in [2.75, 3.05) is 24.2 Å². The van der Waals surface area contributed by atoms with E-state index in [-0.39, 0.29) is 0 Å². The predicted octanol–water partition coefficient (Wildman–Crippen LogP) is 0.922. The highest BCUT2D eigenvalue weighted by atomic mass is 16.5. The molecule has 0 bridgehead atoms. The maximum Gasteiger partial charge on any atom is 0.158 e. The molecule has 6 nitrogen and oxygen atoms in total. The lowest BCUT2D eigenvalue weighted by molar-refractivity contribution is -0.0202. The van der Waals surface area contributed by atoms with Crippen LogP contribution in [0.25, 0.3) is 0 Å². The average molecular weight is 252 g/mol. The molecule has 0 radical (unpaired) electrons.